The van der Waals surface area contributed by atoms with Gasteiger partial charge >= 0.3 is 0 Å². The molecule has 1 aliphatic rings. The molecular formula is C51H36N4S2. The fraction of sp³-hybridized carbons (Fsp3) is 0.0588. The van der Waals surface area contributed by atoms with Gasteiger partial charge in [0, 0.05) is 46.4 Å². The first kappa shape index (κ1) is 33.1. The molecule has 1 saturated heterocycles. The number of para-hydroxylation sites is 2. The molecule has 0 spiro atoms. The minimum absolute atomic E-state index is 0.0104. The minimum Gasteiger partial charge on any atom is -0.308 e. The van der Waals surface area contributed by atoms with Crippen LogP contribution in [0.25, 0.3) is 79.0 Å². The third-order valence-electron chi connectivity index (χ3n) is 11.7. The van der Waals surface area contributed by atoms with Crippen molar-refractivity contribution in [1.82, 2.24) is 20.5 Å². The van der Waals surface area contributed by atoms with E-state index in [2.05, 4.69) is 203 Å². The summed E-state index contributed by atoms with van der Waals surface area (Å²) in [6.45, 7) is 0. The number of benzene rings is 8. The lowest BCUT2D eigenvalue weighted by molar-refractivity contribution is 0.203. The zero-order valence-corrected chi connectivity index (χ0v) is 32.4. The summed E-state index contributed by atoms with van der Waals surface area (Å²) in [6.07, 6.45) is -0.0714. The van der Waals surface area contributed by atoms with Crippen LogP contribution in [0.3, 0.4) is 0 Å². The summed E-state index contributed by atoms with van der Waals surface area (Å²) in [6, 6.07) is 66.5. The van der Waals surface area contributed by atoms with Crippen molar-refractivity contribution < 1.29 is 0 Å². The molecule has 272 valence electrons. The van der Waals surface area contributed by atoms with Gasteiger partial charge in [0.2, 0.25) is 0 Å². The van der Waals surface area contributed by atoms with Crippen molar-refractivity contribution >= 4 is 84.8 Å². The monoisotopic (exact) mass is 768 g/mol. The van der Waals surface area contributed by atoms with Gasteiger partial charge in [-0.1, -0.05) is 146 Å². The van der Waals surface area contributed by atoms with E-state index in [1.54, 1.807) is 0 Å². The average molecular weight is 769 g/mol. The van der Waals surface area contributed by atoms with E-state index in [1.165, 1.54) is 95.7 Å². The summed E-state index contributed by atoms with van der Waals surface area (Å²) in [5, 5.41) is 19.4. The molecule has 4 heterocycles. The number of nitrogens with zero attached hydrogens (tertiary/aromatic N) is 1. The molecule has 0 saturated carbocycles. The molecular weight excluding hydrogens is 733 g/mol. The molecule has 0 radical (unpaired) electrons. The van der Waals surface area contributed by atoms with Gasteiger partial charge in [-0.25, -0.2) is 0 Å². The highest BCUT2D eigenvalue weighted by Crippen LogP contribution is 2.47. The molecule has 1 aliphatic heterocycles. The Morgan fingerprint density at radius 3 is 1.51 bits per heavy atom. The van der Waals surface area contributed by atoms with Gasteiger partial charge < -0.3 is 4.57 Å². The lowest BCUT2D eigenvalue weighted by Crippen LogP contribution is -2.54. The van der Waals surface area contributed by atoms with Crippen molar-refractivity contribution in [3.63, 3.8) is 0 Å². The SMILES string of the molecule is c1ccc(C2NC(c3ccccc3)NC(c3ccc4c(c3)sc3cccc(-c5cccc6sc7c(-n8c9ccccc9c9ccccc98)cccc7c56)c34)N2)cc1. The molecule has 2 unspecified atom stereocenters. The smallest absolute Gasteiger partial charge is 0.0865 e. The van der Waals surface area contributed by atoms with E-state index in [1.807, 2.05) is 22.7 Å². The predicted molar refractivity (Wildman–Crippen MR) is 243 cm³/mol. The summed E-state index contributed by atoms with van der Waals surface area (Å²) >= 11 is 3.79. The Labute approximate surface area is 337 Å². The van der Waals surface area contributed by atoms with E-state index in [4.69, 9.17) is 0 Å². The van der Waals surface area contributed by atoms with Crippen molar-refractivity contribution in [2.75, 3.05) is 0 Å². The Hall–Kier alpha value is -6.12. The number of hydrogen-bond donors (Lipinski definition) is 3. The first-order valence-electron chi connectivity index (χ1n) is 19.5. The molecule has 0 bridgehead atoms. The van der Waals surface area contributed by atoms with E-state index < -0.39 is 0 Å². The zero-order chi connectivity index (χ0) is 37.5. The van der Waals surface area contributed by atoms with E-state index in [0.29, 0.717) is 0 Å². The van der Waals surface area contributed by atoms with Crippen LogP contribution in [0.4, 0.5) is 0 Å². The molecule has 57 heavy (non-hydrogen) atoms. The third-order valence-corrected chi connectivity index (χ3v) is 14.0. The van der Waals surface area contributed by atoms with Gasteiger partial charge in [-0.05, 0) is 64.2 Å². The number of nitrogens with one attached hydrogen (secondary N) is 3. The van der Waals surface area contributed by atoms with Crippen molar-refractivity contribution in [2.45, 2.75) is 18.5 Å². The maximum Gasteiger partial charge on any atom is 0.0865 e. The van der Waals surface area contributed by atoms with Crippen LogP contribution in [0, 0.1) is 0 Å². The van der Waals surface area contributed by atoms with Crippen LogP contribution in [0.2, 0.25) is 0 Å². The highest BCUT2D eigenvalue weighted by Gasteiger charge is 2.30. The number of aromatic nitrogens is 1. The second kappa shape index (κ2) is 13.2. The highest BCUT2D eigenvalue weighted by molar-refractivity contribution is 7.26. The Kier molecular flexibility index (Phi) is 7.68. The van der Waals surface area contributed by atoms with Crippen molar-refractivity contribution in [3.8, 4) is 16.8 Å². The molecule has 2 atom stereocenters. The molecule has 0 amide bonds. The van der Waals surface area contributed by atoms with Crippen LogP contribution in [0.5, 0.6) is 0 Å². The van der Waals surface area contributed by atoms with Crippen LogP contribution in [0.1, 0.15) is 35.2 Å². The van der Waals surface area contributed by atoms with E-state index in [9.17, 15) is 0 Å². The topological polar surface area (TPSA) is 41.0 Å². The van der Waals surface area contributed by atoms with Crippen molar-refractivity contribution in [3.05, 3.63) is 199 Å². The summed E-state index contributed by atoms with van der Waals surface area (Å²) in [4.78, 5) is 0. The number of hydrogen-bond acceptors (Lipinski definition) is 5. The van der Waals surface area contributed by atoms with Gasteiger partial charge in [-0.2, -0.15) is 0 Å². The zero-order valence-electron chi connectivity index (χ0n) is 30.8. The molecule has 3 aromatic heterocycles. The lowest BCUT2D eigenvalue weighted by atomic mass is 9.95. The summed E-state index contributed by atoms with van der Waals surface area (Å²) in [7, 11) is 0. The first-order valence-corrected chi connectivity index (χ1v) is 21.2. The van der Waals surface area contributed by atoms with Crippen LogP contribution in [-0.2, 0) is 0 Å². The molecule has 8 aromatic carbocycles. The van der Waals surface area contributed by atoms with Crippen LogP contribution in [0.15, 0.2) is 182 Å². The van der Waals surface area contributed by atoms with Crippen molar-refractivity contribution in [1.29, 1.82) is 0 Å². The van der Waals surface area contributed by atoms with Gasteiger partial charge in [0.25, 0.3) is 0 Å². The molecule has 11 aromatic rings. The summed E-state index contributed by atoms with van der Waals surface area (Å²) in [5.41, 5.74) is 9.92. The largest absolute Gasteiger partial charge is 0.308 e. The second-order valence-electron chi connectivity index (χ2n) is 15.0. The molecule has 0 aliphatic carbocycles. The maximum absolute atomic E-state index is 3.87. The quantitative estimate of drug-likeness (QED) is 0.163. The fourth-order valence-corrected chi connectivity index (χ4v) is 11.6. The second-order valence-corrected chi connectivity index (χ2v) is 17.1. The Morgan fingerprint density at radius 2 is 0.877 bits per heavy atom. The lowest BCUT2D eigenvalue weighted by Gasteiger charge is -2.39. The molecule has 12 rings (SSSR count). The minimum atomic E-state index is -0.0506. The Morgan fingerprint density at radius 1 is 0.368 bits per heavy atom. The van der Waals surface area contributed by atoms with Crippen LogP contribution in [-0.4, -0.2) is 4.57 Å². The normalized spacial score (nSPS) is 17.4. The number of rotatable bonds is 5. The maximum atomic E-state index is 3.87. The van der Waals surface area contributed by atoms with E-state index >= 15 is 0 Å². The third kappa shape index (κ3) is 5.30. The van der Waals surface area contributed by atoms with Gasteiger partial charge in [0.15, 0.2) is 0 Å². The first-order chi connectivity index (χ1) is 28.3. The fourth-order valence-electron chi connectivity index (χ4n) is 9.17. The highest BCUT2D eigenvalue weighted by atomic mass is 32.1. The van der Waals surface area contributed by atoms with Gasteiger partial charge in [0.1, 0.15) is 0 Å². The summed E-state index contributed by atoms with van der Waals surface area (Å²) in [5.74, 6) is 0. The van der Waals surface area contributed by atoms with Gasteiger partial charge in [-0.3, -0.25) is 16.0 Å². The van der Waals surface area contributed by atoms with Crippen LogP contribution >= 0.6 is 22.7 Å². The predicted octanol–water partition coefficient (Wildman–Crippen LogP) is 13.4. The van der Waals surface area contributed by atoms with Crippen LogP contribution < -0.4 is 16.0 Å². The molecule has 1 fully saturated rings. The van der Waals surface area contributed by atoms with E-state index in [-0.39, 0.29) is 18.5 Å². The van der Waals surface area contributed by atoms with E-state index in [0.717, 1.165) is 0 Å². The van der Waals surface area contributed by atoms with Crippen molar-refractivity contribution in [2.24, 2.45) is 0 Å². The Bertz CT molecular complexity index is 3210. The molecule has 6 heteroatoms. The number of thiophene rings is 2. The standard InChI is InChI=1S/C51H36N4S2/c1-3-14-31(15-4-1)49-52-50(32-16-5-2-6-17-32)54-51(53-49)33-28-29-38-45(30-33)56-43-26-12-20-36(46(38)43)37-21-13-27-44-47(37)39-22-11-25-42(48(39)57-44)55-40-23-9-7-18-34(40)35-19-8-10-24-41(35)55/h1-30,49-54H. The summed E-state index contributed by atoms with van der Waals surface area (Å²) < 4.78 is 7.67. The van der Waals surface area contributed by atoms with Gasteiger partial charge in [0.05, 0.1) is 39.9 Å². The molecule has 4 nitrogen and oxygen atoms in total. The molecule has 3 N–H and O–H groups in total. The Balaban J connectivity index is 0.991. The average Bonchev–Trinajstić information content (AvgIpc) is 3.96. The number of fused-ring (bicyclic) bond motifs is 9. The van der Waals surface area contributed by atoms with Gasteiger partial charge in [-0.15, -0.1) is 22.7 Å².